The Kier molecular flexibility index (Phi) is 8.37. The third-order valence-electron chi connectivity index (χ3n) is 7.08. The average Bonchev–Trinajstić information content (AvgIpc) is 2.98. The molecule has 4 aromatic rings. The number of hydrogen-bond acceptors (Lipinski definition) is 6. The smallest absolute Gasteiger partial charge is 0.338 e. The van der Waals surface area contributed by atoms with Gasteiger partial charge < -0.3 is 24.3 Å². The van der Waals surface area contributed by atoms with Crippen LogP contribution in [0.25, 0.3) is 0 Å². The van der Waals surface area contributed by atoms with E-state index in [2.05, 4.69) is 17.4 Å². The molecular formula is C34H35NO5. The van der Waals surface area contributed by atoms with Gasteiger partial charge in [0.15, 0.2) is 6.10 Å². The number of methoxy groups -OCH3 is 1. The van der Waals surface area contributed by atoms with Gasteiger partial charge >= 0.3 is 5.97 Å². The highest BCUT2D eigenvalue weighted by atomic mass is 16.6. The Morgan fingerprint density at radius 3 is 2.27 bits per heavy atom. The van der Waals surface area contributed by atoms with Gasteiger partial charge in [0, 0.05) is 17.8 Å². The second-order valence-electron chi connectivity index (χ2n) is 10.4. The van der Waals surface area contributed by atoms with Crippen LogP contribution in [-0.2, 0) is 22.4 Å². The number of rotatable bonds is 10. The van der Waals surface area contributed by atoms with E-state index in [0.717, 1.165) is 34.7 Å². The van der Waals surface area contributed by atoms with Crippen LogP contribution in [0.4, 0.5) is 5.69 Å². The van der Waals surface area contributed by atoms with Crippen LogP contribution in [0.5, 0.6) is 11.5 Å². The summed E-state index contributed by atoms with van der Waals surface area (Å²) in [6.45, 7) is 4.97. The number of hydrogen-bond donors (Lipinski definition) is 1. The van der Waals surface area contributed by atoms with Crippen molar-refractivity contribution >= 4 is 11.7 Å². The number of benzene rings is 4. The van der Waals surface area contributed by atoms with Gasteiger partial charge in [0.1, 0.15) is 23.2 Å². The topological polar surface area (TPSA) is 66.0 Å². The SMILES string of the molecule is COc1ccc(CNc2ccc3c(c2)C(OCCc2ccccc2)C(OC(=O)c2ccccc2)C(C)(C)O3)cc1. The van der Waals surface area contributed by atoms with Crippen LogP contribution >= 0.6 is 0 Å². The van der Waals surface area contributed by atoms with E-state index < -0.39 is 23.8 Å². The molecular weight excluding hydrogens is 502 g/mol. The maximum Gasteiger partial charge on any atom is 0.338 e. The Morgan fingerprint density at radius 1 is 0.875 bits per heavy atom. The van der Waals surface area contributed by atoms with E-state index >= 15 is 0 Å². The second-order valence-corrected chi connectivity index (χ2v) is 10.4. The summed E-state index contributed by atoms with van der Waals surface area (Å²) in [7, 11) is 1.66. The fraction of sp³-hybridized carbons (Fsp3) is 0.265. The van der Waals surface area contributed by atoms with Crippen molar-refractivity contribution in [3.05, 3.63) is 125 Å². The van der Waals surface area contributed by atoms with E-state index in [0.29, 0.717) is 18.7 Å². The minimum atomic E-state index is -0.813. The molecule has 4 aromatic carbocycles. The van der Waals surface area contributed by atoms with Crippen molar-refractivity contribution in [2.24, 2.45) is 0 Å². The summed E-state index contributed by atoms with van der Waals surface area (Å²) in [6.07, 6.45) is -0.443. The van der Waals surface area contributed by atoms with Crippen LogP contribution in [0.15, 0.2) is 103 Å². The molecule has 6 nitrogen and oxygen atoms in total. The average molecular weight is 538 g/mol. The largest absolute Gasteiger partial charge is 0.497 e. The Morgan fingerprint density at radius 2 is 1.57 bits per heavy atom. The van der Waals surface area contributed by atoms with E-state index in [-0.39, 0.29) is 0 Å². The van der Waals surface area contributed by atoms with Crippen molar-refractivity contribution in [1.29, 1.82) is 0 Å². The van der Waals surface area contributed by atoms with E-state index in [1.54, 1.807) is 19.2 Å². The molecule has 1 aliphatic heterocycles. The fourth-order valence-electron chi connectivity index (χ4n) is 4.88. The quantitative estimate of drug-likeness (QED) is 0.220. The van der Waals surface area contributed by atoms with Crippen molar-refractivity contribution in [1.82, 2.24) is 0 Å². The number of esters is 1. The summed E-state index contributed by atoms with van der Waals surface area (Å²) in [5.74, 6) is 1.14. The molecule has 2 atom stereocenters. The highest BCUT2D eigenvalue weighted by Gasteiger charge is 2.47. The van der Waals surface area contributed by atoms with Gasteiger partial charge in [0.2, 0.25) is 0 Å². The van der Waals surface area contributed by atoms with Gasteiger partial charge in [-0.15, -0.1) is 0 Å². The minimum absolute atomic E-state index is 0.406. The first-order valence-electron chi connectivity index (χ1n) is 13.5. The molecule has 40 heavy (non-hydrogen) atoms. The molecule has 0 radical (unpaired) electrons. The van der Waals surface area contributed by atoms with Gasteiger partial charge in [-0.2, -0.15) is 0 Å². The van der Waals surface area contributed by atoms with Crippen LogP contribution in [0.1, 0.15) is 47.0 Å². The minimum Gasteiger partial charge on any atom is -0.497 e. The van der Waals surface area contributed by atoms with Gasteiger partial charge in [-0.1, -0.05) is 60.7 Å². The molecule has 1 aliphatic rings. The van der Waals surface area contributed by atoms with Crippen molar-refractivity contribution < 1.29 is 23.7 Å². The maximum atomic E-state index is 13.2. The fourth-order valence-corrected chi connectivity index (χ4v) is 4.88. The van der Waals surface area contributed by atoms with E-state index in [1.807, 2.05) is 92.7 Å². The number of nitrogens with one attached hydrogen (secondary N) is 1. The van der Waals surface area contributed by atoms with Gasteiger partial charge in [0.05, 0.1) is 19.3 Å². The van der Waals surface area contributed by atoms with E-state index in [9.17, 15) is 4.79 Å². The lowest BCUT2D eigenvalue weighted by molar-refractivity contribution is -0.139. The molecule has 0 amide bonds. The van der Waals surface area contributed by atoms with Crippen molar-refractivity contribution in [2.45, 2.75) is 44.6 Å². The molecule has 0 saturated carbocycles. The molecule has 0 aliphatic carbocycles. The van der Waals surface area contributed by atoms with Gasteiger partial charge in [-0.25, -0.2) is 4.79 Å². The summed E-state index contributed by atoms with van der Waals surface area (Å²) in [5.41, 5.74) is 3.75. The first kappa shape index (κ1) is 27.3. The van der Waals surface area contributed by atoms with Gasteiger partial charge in [-0.05, 0) is 73.9 Å². The van der Waals surface area contributed by atoms with E-state index in [4.69, 9.17) is 18.9 Å². The van der Waals surface area contributed by atoms with Gasteiger partial charge in [0.25, 0.3) is 0 Å². The summed E-state index contributed by atoms with van der Waals surface area (Å²) < 4.78 is 24.4. The molecule has 0 saturated heterocycles. The number of ether oxygens (including phenoxy) is 4. The summed E-state index contributed by atoms with van der Waals surface area (Å²) in [5, 5.41) is 3.49. The zero-order valence-corrected chi connectivity index (χ0v) is 23.1. The number of carbonyl (C=O) groups is 1. The van der Waals surface area contributed by atoms with Crippen molar-refractivity contribution in [2.75, 3.05) is 19.0 Å². The predicted molar refractivity (Wildman–Crippen MR) is 156 cm³/mol. The molecule has 6 heteroatoms. The standard InChI is InChI=1S/C34H35NO5/c1-34(2)32(39-33(36)26-12-8-5-9-13-26)31(38-21-20-24-10-6-4-7-11-24)29-22-27(16-19-30(29)40-34)35-23-25-14-17-28(37-3)18-15-25/h4-19,22,31-32,35H,20-21,23H2,1-3H3. The zero-order valence-electron chi connectivity index (χ0n) is 23.1. The number of fused-ring (bicyclic) bond motifs is 1. The Balaban J connectivity index is 1.40. The molecule has 0 bridgehead atoms. The molecule has 1 heterocycles. The summed E-state index contributed by atoms with van der Waals surface area (Å²) in [6, 6.07) is 33.2. The first-order valence-corrected chi connectivity index (χ1v) is 13.5. The van der Waals surface area contributed by atoms with Crippen LogP contribution in [0.2, 0.25) is 0 Å². The normalized spacial score (nSPS) is 17.3. The Hall–Kier alpha value is -4.29. The first-order chi connectivity index (χ1) is 19.4. The van der Waals surface area contributed by atoms with Crippen LogP contribution in [-0.4, -0.2) is 31.4 Å². The monoisotopic (exact) mass is 537 g/mol. The maximum absolute atomic E-state index is 13.2. The number of carbonyl (C=O) groups excluding carboxylic acids is 1. The Bertz CT molecular complexity index is 1400. The molecule has 5 rings (SSSR count). The third kappa shape index (κ3) is 6.46. The van der Waals surface area contributed by atoms with Crippen molar-refractivity contribution in [3.63, 3.8) is 0 Å². The molecule has 0 aromatic heterocycles. The molecule has 2 unspecified atom stereocenters. The predicted octanol–water partition coefficient (Wildman–Crippen LogP) is 7.00. The zero-order chi connectivity index (χ0) is 28.0. The lowest BCUT2D eigenvalue weighted by atomic mass is 9.87. The van der Waals surface area contributed by atoms with Crippen LogP contribution < -0.4 is 14.8 Å². The molecule has 1 N–H and O–H groups in total. The molecule has 206 valence electrons. The third-order valence-corrected chi connectivity index (χ3v) is 7.08. The van der Waals surface area contributed by atoms with E-state index in [1.165, 1.54) is 5.56 Å². The van der Waals surface area contributed by atoms with Crippen LogP contribution in [0, 0.1) is 0 Å². The summed E-state index contributed by atoms with van der Waals surface area (Å²) in [4.78, 5) is 13.2. The Labute approximate surface area is 235 Å². The molecule has 0 fully saturated rings. The van der Waals surface area contributed by atoms with Gasteiger partial charge in [-0.3, -0.25) is 0 Å². The molecule has 0 spiro atoms. The van der Waals surface area contributed by atoms with Crippen LogP contribution in [0.3, 0.4) is 0 Å². The number of anilines is 1. The highest BCUT2D eigenvalue weighted by molar-refractivity contribution is 5.89. The lowest BCUT2D eigenvalue weighted by Gasteiger charge is -2.43. The summed E-state index contributed by atoms with van der Waals surface area (Å²) >= 11 is 0. The highest BCUT2D eigenvalue weighted by Crippen LogP contribution is 2.44. The van der Waals surface area contributed by atoms with Crippen molar-refractivity contribution in [3.8, 4) is 11.5 Å². The lowest BCUT2D eigenvalue weighted by Crippen LogP contribution is -2.51. The second kappa shape index (κ2) is 12.3.